The van der Waals surface area contributed by atoms with E-state index in [1.54, 1.807) is 24.3 Å². The van der Waals surface area contributed by atoms with Crippen LogP contribution in [0.2, 0.25) is 5.02 Å². The van der Waals surface area contributed by atoms with Crippen LogP contribution in [0.3, 0.4) is 0 Å². The summed E-state index contributed by atoms with van der Waals surface area (Å²) < 4.78 is 41.4. The number of aromatic amines is 1. The molecule has 0 unspecified atom stereocenters. The summed E-state index contributed by atoms with van der Waals surface area (Å²) in [6, 6.07) is 9.24. The number of fused-ring (bicyclic) bond motifs is 1. The van der Waals surface area contributed by atoms with Crippen LogP contribution < -0.4 is 16.6 Å². The zero-order chi connectivity index (χ0) is 24.1. The number of H-pyrrole nitrogens is 1. The van der Waals surface area contributed by atoms with Crippen LogP contribution in [0.15, 0.2) is 58.3 Å². The number of halogens is 4. The van der Waals surface area contributed by atoms with E-state index in [1.165, 1.54) is 17.8 Å². The maximum Gasteiger partial charge on any atom is 0.416 e. The van der Waals surface area contributed by atoms with Gasteiger partial charge in [0.15, 0.2) is 0 Å². The summed E-state index contributed by atoms with van der Waals surface area (Å²) in [6.45, 7) is 1.86. The number of nitrogens with one attached hydrogen (secondary N) is 2. The van der Waals surface area contributed by atoms with Crippen LogP contribution in [0.5, 0.6) is 0 Å². The number of carbonyl (C=O) groups is 1. The molecule has 0 spiro atoms. The number of aryl methyl sites for hydroxylation is 2. The first-order chi connectivity index (χ1) is 15.5. The number of aromatic nitrogens is 3. The highest BCUT2D eigenvalue weighted by Gasteiger charge is 2.31. The molecule has 0 atom stereocenters. The topological polar surface area (TPSA) is 88.9 Å². The summed E-state index contributed by atoms with van der Waals surface area (Å²) in [5.41, 5.74) is -1.51. The van der Waals surface area contributed by atoms with Crippen molar-refractivity contribution >= 4 is 34.2 Å². The molecule has 0 bridgehead atoms. The number of hydrogen-bond donors (Lipinski definition) is 2. The number of carbonyl (C=O) groups excluding carboxylic acids is 1. The zero-order valence-corrected chi connectivity index (χ0v) is 18.0. The zero-order valence-electron chi connectivity index (χ0n) is 17.2. The van der Waals surface area contributed by atoms with Gasteiger partial charge in [0.25, 0.3) is 11.5 Å². The van der Waals surface area contributed by atoms with Crippen LogP contribution in [0.25, 0.3) is 16.7 Å². The van der Waals surface area contributed by atoms with Crippen molar-refractivity contribution in [1.82, 2.24) is 14.1 Å². The first kappa shape index (κ1) is 22.4. The lowest BCUT2D eigenvalue weighted by atomic mass is 10.2. The van der Waals surface area contributed by atoms with E-state index < -0.39 is 28.9 Å². The third-order valence-corrected chi connectivity index (χ3v) is 5.43. The van der Waals surface area contributed by atoms with Crippen molar-refractivity contribution < 1.29 is 18.0 Å². The van der Waals surface area contributed by atoms with Crippen molar-refractivity contribution in [2.24, 2.45) is 7.05 Å². The van der Waals surface area contributed by atoms with E-state index in [4.69, 9.17) is 11.6 Å². The number of anilines is 1. The lowest BCUT2D eigenvalue weighted by Crippen LogP contribution is -2.34. The number of benzene rings is 2. The molecular formula is C22H16ClF3N4O3. The minimum Gasteiger partial charge on any atom is -0.344 e. The predicted octanol–water partition coefficient (Wildman–Crippen LogP) is 4.25. The lowest BCUT2D eigenvalue weighted by Gasteiger charge is -2.11. The lowest BCUT2D eigenvalue weighted by molar-refractivity contribution is -0.137. The van der Waals surface area contributed by atoms with E-state index in [0.29, 0.717) is 11.8 Å². The molecule has 7 nitrogen and oxygen atoms in total. The van der Waals surface area contributed by atoms with Crippen molar-refractivity contribution in [2.75, 3.05) is 5.32 Å². The second-order valence-electron chi connectivity index (χ2n) is 7.43. The molecule has 0 saturated heterocycles. The average Bonchev–Trinajstić information content (AvgIpc) is 3.06. The van der Waals surface area contributed by atoms with E-state index in [0.717, 1.165) is 22.3 Å². The van der Waals surface area contributed by atoms with Gasteiger partial charge in [0, 0.05) is 13.2 Å². The molecule has 4 aromatic rings. The Morgan fingerprint density at radius 2 is 1.76 bits per heavy atom. The van der Waals surface area contributed by atoms with Crippen LogP contribution in [0.1, 0.15) is 21.5 Å². The number of rotatable bonds is 3. The molecule has 4 rings (SSSR count). The van der Waals surface area contributed by atoms with E-state index in [1.807, 2.05) is 6.92 Å². The Bertz CT molecular complexity index is 1520. The van der Waals surface area contributed by atoms with Gasteiger partial charge in [0.05, 0.1) is 33.0 Å². The van der Waals surface area contributed by atoms with Gasteiger partial charge in [-0.2, -0.15) is 13.2 Å². The molecule has 11 heteroatoms. The van der Waals surface area contributed by atoms with Gasteiger partial charge in [0.2, 0.25) is 0 Å². The average molecular weight is 477 g/mol. The van der Waals surface area contributed by atoms with Gasteiger partial charge in [-0.25, -0.2) is 9.36 Å². The first-order valence-corrected chi connectivity index (χ1v) is 9.94. The maximum absolute atomic E-state index is 13.1. The summed E-state index contributed by atoms with van der Waals surface area (Å²) >= 11 is 5.95. The van der Waals surface area contributed by atoms with Crippen LogP contribution in [-0.2, 0) is 13.2 Å². The van der Waals surface area contributed by atoms with E-state index >= 15 is 0 Å². The van der Waals surface area contributed by atoms with Gasteiger partial charge in [-0.15, -0.1) is 0 Å². The normalized spacial score (nSPS) is 11.7. The van der Waals surface area contributed by atoms with Gasteiger partial charge in [-0.1, -0.05) is 29.3 Å². The molecule has 0 aliphatic carbocycles. The number of alkyl halides is 3. The first-order valence-electron chi connectivity index (χ1n) is 9.57. The largest absolute Gasteiger partial charge is 0.416 e. The minimum atomic E-state index is -4.63. The molecule has 0 radical (unpaired) electrons. The Morgan fingerprint density at radius 3 is 2.39 bits per heavy atom. The van der Waals surface area contributed by atoms with Crippen molar-refractivity contribution in [1.29, 1.82) is 0 Å². The molecule has 33 heavy (non-hydrogen) atoms. The van der Waals surface area contributed by atoms with Crippen LogP contribution >= 0.6 is 11.6 Å². The second-order valence-corrected chi connectivity index (χ2v) is 7.84. The Balaban J connectivity index is 1.80. The van der Waals surface area contributed by atoms with Gasteiger partial charge in [0.1, 0.15) is 5.52 Å². The number of hydrogen-bond acceptors (Lipinski definition) is 3. The molecule has 0 saturated carbocycles. The molecule has 2 heterocycles. The predicted molar refractivity (Wildman–Crippen MR) is 118 cm³/mol. The molecule has 2 aromatic carbocycles. The standard InChI is InChI=1S/C22H16ClF3N4O3/c1-11-3-6-13(7-4-11)30-20(32)18-17(28-21(30)33)14(10-29(18)2)19(31)27-16-9-12(22(24,25)26)5-8-15(16)23/h3-10H,1-2H3,(H,27,31)(H,28,33). The maximum atomic E-state index is 13.1. The third-order valence-electron chi connectivity index (χ3n) is 5.10. The van der Waals surface area contributed by atoms with Crippen molar-refractivity contribution in [3.63, 3.8) is 0 Å². The molecule has 170 valence electrons. The molecule has 2 aromatic heterocycles. The number of nitrogens with zero attached hydrogens (tertiary/aromatic N) is 2. The molecule has 1 amide bonds. The summed E-state index contributed by atoms with van der Waals surface area (Å²) in [6.07, 6.45) is -3.33. The van der Waals surface area contributed by atoms with E-state index in [-0.39, 0.29) is 27.3 Å². The fourth-order valence-corrected chi connectivity index (χ4v) is 3.62. The third kappa shape index (κ3) is 4.05. The summed E-state index contributed by atoms with van der Waals surface area (Å²) in [4.78, 5) is 41.2. The van der Waals surface area contributed by atoms with Gasteiger partial charge in [-0.05, 0) is 37.3 Å². The molecular weight excluding hydrogens is 461 g/mol. The summed E-state index contributed by atoms with van der Waals surface area (Å²) in [5, 5.41) is 2.22. The quantitative estimate of drug-likeness (QED) is 0.463. The summed E-state index contributed by atoms with van der Waals surface area (Å²) in [5.74, 6) is -0.843. The van der Waals surface area contributed by atoms with Crippen molar-refractivity contribution in [3.05, 3.63) is 91.2 Å². The molecule has 0 aliphatic rings. The molecule has 2 N–H and O–H groups in total. The van der Waals surface area contributed by atoms with Crippen LogP contribution in [-0.4, -0.2) is 20.0 Å². The Labute approximate surface area is 189 Å². The molecule has 0 fully saturated rings. The highest BCUT2D eigenvalue weighted by atomic mass is 35.5. The Morgan fingerprint density at radius 1 is 1.09 bits per heavy atom. The van der Waals surface area contributed by atoms with Crippen molar-refractivity contribution in [3.8, 4) is 5.69 Å². The smallest absolute Gasteiger partial charge is 0.344 e. The fraction of sp³-hybridized carbons (Fsp3) is 0.136. The van der Waals surface area contributed by atoms with Crippen molar-refractivity contribution in [2.45, 2.75) is 13.1 Å². The Kier molecular flexibility index (Phi) is 5.41. The highest BCUT2D eigenvalue weighted by Crippen LogP contribution is 2.34. The van der Waals surface area contributed by atoms with E-state index in [2.05, 4.69) is 10.3 Å². The van der Waals surface area contributed by atoms with Gasteiger partial charge < -0.3 is 14.9 Å². The summed E-state index contributed by atoms with van der Waals surface area (Å²) in [7, 11) is 1.51. The second kappa shape index (κ2) is 7.96. The van der Waals surface area contributed by atoms with Crippen LogP contribution in [0.4, 0.5) is 18.9 Å². The highest BCUT2D eigenvalue weighted by molar-refractivity contribution is 6.34. The minimum absolute atomic E-state index is 0.0375. The molecule has 0 aliphatic heterocycles. The Hall–Kier alpha value is -3.79. The van der Waals surface area contributed by atoms with Gasteiger partial charge in [-0.3, -0.25) is 9.59 Å². The SMILES string of the molecule is Cc1ccc(-n2c(=O)[nH]c3c(C(=O)Nc4cc(C(F)(F)F)ccc4Cl)cn(C)c3c2=O)cc1. The fourth-order valence-electron chi connectivity index (χ4n) is 3.46. The van der Waals surface area contributed by atoms with E-state index in [9.17, 15) is 27.6 Å². The van der Waals surface area contributed by atoms with Crippen LogP contribution in [0, 0.1) is 6.92 Å². The monoisotopic (exact) mass is 476 g/mol. The number of amides is 1. The van der Waals surface area contributed by atoms with Gasteiger partial charge >= 0.3 is 11.9 Å².